The van der Waals surface area contributed by atoms with Gasteiger partial charge in [-0.05, 0) is 55.3 Å². The van der Waals surface area contributed by atoms with E-state index in [1.807, 2.05) is 6.07 Å². The van der Waals surface area contributed by atoms with Crippen LogP contribution in [0, 0.1) is 5.82 Å². The standard InChI is InChI=1S/C22H22FN3O2/c23-17-6-4-5-16(13-17)21(27)26-12-11-15-14-19(9-10-20(15)26)25-22(28)24-18-7-2-1-3-8-18/h4-6,9-14,18H,1-3,7-8H2,(H2,24,25,28). The van der Waals surface area contributed by atoms with Gasteiger partial charge in [-0.25, -0.2) is 9.18 Å². The predicted octanol–water partition coefficient (Wildman–Crippen LogP) is 4.92. The summed E-state index contributed by atoms with van der Waals surface area (Å²) in [7, 11) is 0. The van der Waals surface area contributed by atoms with E-state index in [2.05, 4.69) is 10.6 Å². The number of benzene rings is 2. The number of fused-ring (bicyclic) bond motifs is 1. The van der Waals surface area contributed by atoms with Gasteiger partial charge in [0.25, 0.3) is 5.91 Å². The van der Waals surface area contributed by atoms with Crippen molar-refractivity contribution in [2.24, 2.45) is 0 Å². The molecule has 3 aromatic rings. The lowest BCUT2D eigenvalue weighted by atomic mass is 9.96. The molecule has 0 saturated heterocycles. The second-order valence-corrected chi connectivity index (χ2v) is 7.21. The number of rotatable bonds is 3. The molecule has 2 aromatic carbocycles. The second-order valence-electron chi connectivity index (χ2n) is 7.21. The number of aromatic nitrogens is 1. The molecule has 0 aliphatic heterocycles. The van der Waals surface area contributed by atoms with Gasteiger partial charge in [-0.3, -0.25) is 9.36 Å². The molecule has 4 rings (SSSR count). The minimum atomic E-state index is -0.447. The zero-order valence-corrected chi connectivity index (χ0v) is 15.5. The minimum Gasteiger partial charge on any atom is -0.335 e. The van der Waals surface area contributed by atoms with Gasteiger partial charge in [-0.2, -0.15) is 0 Å². The molecule has 2 amide bonds. The second kappa shape index (κ2) is 7.84. The molecular formula is C22H22FN3O2. The number of halogens is 1. The summed E-state index contributed by atoms with van der Waals surface area (Å²) >= 11 is 0. The van der Waals surface area contributed by atoms with Crippen LogP contribution in [0.2, 0.25) is 0 Å². The van der Waals surface area contributed by atoms with E-state index in [1.54, 1.807) is 30.5 Å². The van der Waals surface area contributed by atoms with Crippen LogP contribution in [-0.4, -0.2) is 22.5 Å². The maximum Gasteiger partial charge on any atom is 0.319 e. The first kappa shape index (κ1) is 18.2. The van der Waals surface area contributed by atoms with Crippen molar-refractivity contribution in [3.63, 3.8) is 0 Å². The quantitative estimate of drug-likeness (QED) is 0.678. The highest BCUT2D eigenvalue weighted by Crippen LogP contribution is 2.22. The molecule has 2 N–H and O–H groups in total. The van der Waals surface area contributed by atoms with Crippen LogP contribution in [0.3, 0.4) is 0 Å². The van der Waals surface area contributed by atoms with Gasteiger partial charge in [0, 0.05) is 28.9 Å². The number of urea groups is 1. The van der Waals surface area contributed by atoms with E-state index in [-0.39, 0.29) is 23.5 Å². The monoisotopic (exact) mass is 379 g/mol. The maximum atomic E-state index is 13.4. The van der Waals surface area contributed by atoms with Gasteiger partial charge in [0.05, 0.1) is 5.52 Å². The Bertz CT molecular complexity index is 1020. The SMILES string of the molecule is O=C(Nc1ccc2c(ccn2C(=O)c2cccc(F)c2)c1)NC1CCCCC1. The summed E-state index contributed by atoms with van der Waals surface area (Å²) < 4.78 is 14.9. The van der Waals surface area contributed by atoms with E-state index in [4.69, 9.17) is 0 Å². The topological polar surface area (TPSA) is 63.1 Å². The van der Waals surface area contributed by atoms with Crippen molar-refractivity contribution in [3.8, 4) is 0 Å². The van der Waals surface area contributed by atoms with E-state index in [1.165, 1.54) is 29.2 Å². The largest absolute Gasteiger partial charge is 0.335 e. The summed E-state index contributed by atoms with van der Waals surface area (Å²) in [5.74, 6) is -0.747. The van der Waals surface area contributed by atoms with Crippen LogP contribution in [0.4, 0.5) is 14.9 Å². The highest BCUT2D eigenvalue weighted by Gasteiger charge is 2.16. The third kappa shape index (κ3) is 3.91. The van der Waals surface area contributed by atoms with Crippen LogP contribution < -0.4 is 10.6 Å². The Hall–Kier alpha value is -3.15. The van der Waals surface area contributed by atoms with Crippen molar-refractivity contribution >= 4 is 28.5 Å². The molecule has 0 bridgehead atoms. The van der Waals surface area contributed by atoms with Gasteiger partial charge >= 0.3 is 6.03 Å². The fraction of sp³-hybridized carbons (Fsp3) is 0.273. The van der Waals surface area contributed by atoms with Gasteiger partial charge in [-0.1, -0.05) is 25.3 Å². The minimum absolute atomic E-state index is 0.207. The molecule has 5 nitrogen and oxygen atoms in total. The van der Waals surface area contributed by atoms with Gasteiger partial charge in [0.15, 0.2) is 0 Å². The van der Waals surface area contributed by atoms with Crippen LogP contribution in [-0.2, 0) is 0 Å². The summed E-state index contributed by atoms with van der Waals surface area (Å²) in [6.45, 7) is 0. The van der Waals surface area contributed by atoms with Crippen LogP contribution in [0.1, 0.15) is 42.5 Å². The number of hydrogen-bond acceptors (Lipinski definition) is 2. The van der Waals surface area contributed by atoms with Gasteiger partial charge in [-0.15, -0.1) is 0 Å². The van der Waals surface area contributed by atoms with Gasteiger partial charge < -0.3 is 10.6 Å². The molecule has 1 aliphatic rings. The zero-order chi connectivity index (χ0) is 19.5. The van der Waals surface area contributed by atoms with Crippen molar-refractivity contribution in [2.45, 2.75) is 38.1 Å². The van der Waals surface area contributed by atoms with Gasteiger partial charge in [0.2, 0.25) is 0 Å². The predicted molar refractivity (Wildman–Crippen MR) is 107 cm³/mol. The van der Waals surface area contributed by atoms with Crippen molar-refractivity contribution in [2.75, 3.05) is 5.32 Å². The molecule has 0 unspecified atom stereocenters. The highest BCUT2D eigenvalue weighted by atomic mass is 19.1. The number of carbonyl (C=O) groups is 2. The molecule has 1 heterocycles. The molecule has 0 atom stereocenters. The smallest absolute Gasteiger partial charge is 0.319 e. The van der Waals surface area contributed by atoms with Crippen LogP contribution in [0.5, 0.6) is 0 Å². The first-order valence-electron chi connectivity index (χ1n) is 9.59. The highest BCUT2D eigenvalue weighted by molar-refractivity contribution is 6.03. The first-order chi connectivity index (χ1) is 13.6. The molecule has 0 spiro atoms. The Morgan fingerprint density at radius 2 is 1.82 bits per heavy atom. The number of anilines is 1. The van der Waals surface area contributed by atoms with E-state index in [0.717, 1.165) is 31.1 Å². The number of amides is 2. The Kier molecular flexibility index (Phi) is 5.10. The van der Waals surface area contributed by atoms with Crippen LogP contribution in [0.25, 0.3) is 10.9 Å². The van der Waals surface area contributed by atoms with E-state index in [0.29, 0.717) is 11.2 Å². The molecule has 1 aromatic heterocycles. The average Bonchev–Trinajstić information content (AvgIpc) is 3.11. The van der Waals surface area contributed by atoms with Crippen molar-refractivity contribution in [1.82, 2.24) is 9.88 Å². The summed E-state index contributed by atoms with van der Waals surface area (Å²) in [5.41, 5.74) is 1.65. The molecule has 0 radical (unpaired) electrons. The number of nitrogens with zero attached hydrogens (tertiary/aromatic N) is 1. The van der Waals surface area contributed by atoms with Crippen molar-refractivity contribution < 1.29 is 14.0 Å². The van der Waals surface area contributed by atoms with E-state index >= 15 is 0 Å². The lowest BCUT2D eigenvalue weighted by Crippen LogP contribution is -2.38. The van der Waals surface area contributed by atoms with Gasteiger partial charge in [0.1, 0.15) is 5.82 Å². The fourth-order valence-electron chi connectivity index (χ4n) is 3.76. The fourth-order valence-corrected chi connectivity index (χ4v) is 3.76. The summed E-state index contributed by atoms with van der Waals surface area (Å²) in [4.78, 5) is 24.9. The Labute approximate surface area is 162 Å². The van der Waals surface area contributed by atoms with Crippen molar-refractivity contribution in [3.05, 3.63) is 66.1 Å². The average molecular weight is 379 g/mol. The Balaban J connectivity index is 1.49. The first-order valence-corrected chi connectivity index (χ1v) is 9.59. The molecule has 1 saturated carbocycles. The van der Waals surface area contributed by atoms with E-state index < -0.39 is 5.82 Å². The maximum absolute atomic E-state index is 13.4. The summed E-state index contributed by atoms with van der Waals surface area (Å²) in [6, 6.07) is 12.8. The molecule has 1 fully saturated rings. The lowest BCUT2D eigenvalue weighted by Gasteiger charge is -2.22. The molecular weight excluding hydrogens is 357 g/mol. The molecule has 1 aliphatic carbocycles. The molecule has 144 valence electrons. The van der Waals surface area contributed by atoms with Crippen molar-refractivity contribution in [1.29, 1.82) is 0 Å². The Morgan fingerprint density at radius 1 is 1.00 bits per heavy atom. The van der Waals surface area contributed by atoms with Crippen LogP contribution in [0.15, 0.2) is 54.7 Å². The third-order valence-electron chi connectivity index (χ3n) is 5.18. The Morgan fingerprint density at radius 3 is 2.61 bits per heavy atom. The van der Waals surface area contributed by atoms with Crippen LogP contribution >= 0.6 is 0 Å². The molecule has 28 heavy (non-hydrogen) atoms. The number of hydrogen-bond donors (Lipinski definition) is 2. The van der Waals surface area contributed by atoms with E-state index in [9.17, 15) is 14.0 Å². The summed E-state index contributed by atoms with van der Waals surface area (Å²) in [5, 5.41) is 6.71. The summed E-state index contributed by atoms with van der Waals surface area (Å²) in [6.07, 6.45) is 7.26. The number of nitrogens with one attached hydrogen (secondary N) is 2. The number of carbonyl (C=O) groups excluding carboxylic acids is 2. The third-order valence-corrected chi connectivity index (χ3v) is 5.18. The molecule has 6 heteroatoms. The normalized spacial score (nSPS) is 14.8. The lowest BCUT2D eigenvalue weighted by molar-refractivity contribution is 0.0964. The zero-order valence-electron chi connectivity index (χ0n) is 15.5.